The van der Waals surface area contributed by atoms with E-state index in [-0.39, 0.29) is 11.0 Å². The van der Waals surface area contributed by atoms with Crippen LogP contribution < -0.4 is 15.4 Å². The van der Waals surface area contributed by atoms with Gasteiger partial charge in [0.25, 0.3) is 0 Å². The third-order valence-corrected chi connectivity index (χ3v) is 6.66. The van der Waals surface area contributed by atoms with Crippen molar-refractivity contribution in [3.05, 3.63) is 65.7 Å². The van der Waals surface area contributed by atoms with Gasteiger partial charge in [-0.3, -0.25) is 4.99 Å². The molecule has 1 aliphatic rings. The maximum absolute atomic E-state index is 12.5. The second kappa shape index (κ2) is 11.8. The van der Waals surface area contributed by atoms with Crippen LogP contribution in [0, 0.1) is 0 Å². The van der Waals surface area contributed by atoms with Crippen molar-refractivity contribution in [2.75, 3.05) is 26.7 Å². The third kappa shape index (κ3) is 7.65. The van der Waals surface area contributed by atoms with Crippen LogP contribution in [0.4, 0.5) is 0 Å². The van der Waals surface area contributed by atoms with Crippen molar-refractivity contribution >= 4 is 16.0 Å². The molecule has 1 unspecified atom stereocenters. The summed E-state index contributed by atoms with van der Waals surface area (Å²) in [6.45, 7) is 2.40. The van der Waals surface area contributed by atoms with E-state index in [1.165, 1.54) is 5.56 Å². The summed E-state index contributed by atoms with van der Waals surface area (Å²) in [6.07, 6.45) is 3.89. The van der Waals surface area contributed by atoms with Crippen molar-refractivity contribution in [1.29, 1.82) is 0 Å². The molecule has 1 aliphatic heterocycles. The molecule has 1 heterocycles. The van der Waals surface area contributed by atoms with Crippen LogP contribution in [0.3, 0.4) is 0 Å². The lowest BCUT2D eigenvalue weighted by Gasteiger charge is -2.13. The molecule has 2 aromatic carbocycles. The molecular weight excluding hydrogens is 412 g/mol. The minimum absolute atomic E-state index is 0.0230. The minimum Gasteiger partial charge on any atom is -0.377 e. The SMILES string of the molecule is CN=C(NCCCc1ccccc1)NCc1ccc(S(=O)(=O)NCC2CCCO2)cc1. The van der Waals surface area contributed by atoms with E-state index in [2.05, 4.69) is 44.6 Å². The van der Waals surface area contributed by atoms with Crippen LogP contribution in [-0.2, 0) is 27.7 Å². The van der Waals surface area contributed by atoms with E-state index in [1.54, 1.807) is 19.2 Å². The average molecular weight is 445 g/mol. The van der Waals surface area contributed by atoms with Crippen molar-refractivity contribution in [2.45, 2.75) is 43.2 Å². The van der Waals surface area contributed by atoms with Gasteiger partial charge < -0.3 is 15.4 Å². The molecule has 31 heavy (non-hydrogen) atoms. The average Bonchev–Trinajstić information content (AvgIpc) is 3.32. The molecular formula is C23H32N4O3S. The summed E-state index contributed by atoms with van der Waals surface area (Å²) in [5, 5.41) is 6.57. The van der Waals surface area contributed by atoms with Crippen molar-refractivity contribution in [2.24, 2.45) is 4.99 Å². The molecule has 3 N–H and O–H groups in total. The van der Waals surface area contributed by atoms with Crippen molar-refractivity contribution in [3.63, 3.8) is 0 Å². The summed E-state index contributed by atoms with van der Waals surface area (Å²) in [5.74, 6) is 0.725. The predicted molar refractivity (Wildman–Crippen MR) is 124 cm³/mol. The zero-order valence-corrected chi connectivity index (χ0v) is 18.8. The number of hydrogen-bond donors (Lipinski definition) is 3. The van der Waals surface area contributed by atoms with Crippen LogP contribution in [0.2, 0.25) is 0 Å². The topological polar surface area (TPSA) is 91.8 Å². The quantitative estimate of drug-likeness (QED) is 0.297. The van der Waals surface area contributed by atoms with Gasteiger partial charge in [0, 0.05) is 33.3 Å². The maximum atomic E-state index is 12.5. The molecule has 0 bridgehead atoms. The Bertz CT molecular complexity index is 925. The van der Waals surface area contributed by atoms with Crippen LogP contribution in [0.25, 0.3) is 0 Å². The van der Waals surface area contributed by atoms with Crippen LogP contribution >= 0.6 is 0 Å². The summed E-state index contributed by atoms with van der Waals surface area (Å²) < 4.78 is 33.0. The number of hydrogen-bond acceptors (Lipinski definition) is 4. The molecule has 0 aliphatic carbocycles. The zero-order chi connectivity index (χ0) is 21.9. The van der Waals surface area contributed by atoms with E-state index < -0.39 is 10.0 Å². The first kappa shape index (κ1) is 23.2. The molecule has 1 atom stereocenters. The van der Waals surface area contributed by atoms with Crippen LogP contribution in [0.5, 0.6) is 0 Å². The molecule has 2 aromatic rings. The third-order valence-electron chi connectivity index (χ3n) is 5.22. The van der Waals surface area contributed by atoms with Gasteiger partial charge in [0.15, 0.2) is 5.96 Å². The summed E-state index contributed by atoms with van der Waals surface area (Å²) in [5.41, 5.74) is 2.30. The van der Waals surface area contributed by atoms with E-state index in [1.807, 2.05) is 18.2 Å². The number of rotatable bonds is 10. The Labute approximate surface area is 185 Å². The van der Waals surface area contributed by atoms with E-state index in [4.69, 9.17) is 4.74 Å². The van der Waals surface area contributed by atoms with Crippen molar-refractivity contribution < 1.29 is 13.2 Å². The summed E-state index contributed by atoms with van der Waals surface area (Å²) >= 11 is 0. The Morgan fingerprint density at radius 1 is 1.06 bits per heavy atom. The number of nitrogens with one attached hydrogen (secondary N) is 3. The molecule has 1 fully saturated rings. The van der Waals surface area contributed by atoms with Crippen LogP contribution in [0.1, 0.15) is 30.4 Å². The molecule has 0 aromatic heterocycles. The number of benzene rings is 2. The van der Waals surface area contributed by atoms with E-state index in [0.717, 1.165) is 43.8 Å². The van der Waals surface area contributed by atoms with E-state index >= 15 is 0 Å². The monoisotopic (exact) mass is 444 g/mol. The van der Waals surface area contributed by atoms with Crippen LogP contribution in [-0.4, -0.2) is 47.2 Å². The van der Waals surface area contributed by atoms with Gasteiger partial charge in [0.05, 0.1) is 11.0 Å². The molecule has 0 saturated carbocycles. The Kier molecular flexibility index (Phi) is 8.87. The van der Waals surface area contributed by atoms with Gasteiger partial charge in [-0.1, -0.05) is 42.5 Å². The predicted octanol–water partition coefficient (Wildman–Crippen LogP) is 2.44. The largest absolute Gasteiger partial charge is 0.377 e. The molecule has 0 amide bonds. The second-order valence-electron chi connectivity index (χ2n) is 7.57. The first-order chi connectivity index (χ1) is 15.1. The summed E-state index contributed by atoms with van der Waals surface area (Å²) in [7, 11) is -1.79. The number of aryl methyl sites for hydroxylation is 1. The van der Waals surface area contributed by atoms with Gasteiger partial charge in [-0.15, -0.1) is 0 Å². The molecule has 3 rings (SSSR count). The fraction of sp³-hybridized carbons (Fsp3) is 0.435. The van der Waals surface area contributed by atoms with Gasteiger partial charge in [-0.05, 0) is 48.9 Å². The number of nitrogens with zero attached hydrogens (tertiary/aromatic N) is 1. The van der Waals surface area contributed by atoms with Gasteiger partial charge >= 0.3 is 0 Å². The molecule has 1 saturated heterocycles. The number of ether oxygens (including phenoxy) is 1. The number of guanidine groups is 1. The zero-order valence-electron chi connectivity index (χ0n) is 18.0. The first-order valence-electron chi connectivity index (χ1n) is 10.8. The lowest BCUT2D eigenvalue weighted by molar-refractivity contribution is 0.114. The highest BCUT2D eigenvalue weighted by atomic mass is 32.2. The normalized spacial score (nSPS) is 16.9. The molecule has 8 heteroatoms. The Morgan fingerprint density at radius 3 is 2.52 bits per heavy atom. The standard InChI is InChI=1S/C23H32N4O3S/c1-24-23(25-15-5-9-19-7-3-2-4-8-19)26-17-20-11-13-22(14-12-20)31(28,29)27-18-21-10-6-16-30-21/h2-4,7-8,11-14,21,27H,5-6,9-10,15-18H2,1H3,(H2,24,25,26). The van der Waals surface area contributed by atoms with Crippen LogP contribution in [0.15, 0.2) is 64.5 Å². The number of aliphatic imine (C=N–C) groups is 1. The Morgan fingerprint density at radius 2 is 1.84 bits per heavy atom. The summed E-state index contributed by atoms with van der Waals surface area (Å²) in [6, 6.07) is 17.3. The maximum Gasteiger partial charge on any atom is 0.240 e. The Hall–Kier alpha value is -2.42. The van der Waals surface area contributed by atoms with Gasteiger partial charge in [-0.25, -0.2) is 13.1 Å². The van der Waals surface area contributed by atoms with Gasteiger partial charge in [-0.2, -0.15) is 0 Å². The summed E-state index contributed by atoms with van der Waals surface area (Å²) in [4.78, 5) is 4.50. The van der Waals surface area contributed by atoms with Gasteiger partial charge in [0.1, 0.15) is 0 Å². The highest BCUT2D eigenvalue weighted by Gasteiger charge is 2.20. The molecule has 168 valence electrons. The highest BCUT2D eigenvalue weighted by Crippen LogP contribution is 2.14. The first-order valence-corrected chi connectivity index (χ1v) is 12.2. The fourth-order valence-electron chi connectivity index (χ4n) is 3.43. The van der Waals surface area contributed by atoms with E-state index in [9.17, 15) is 8.42 Å². The molecule has 0 spiro atoms. The minimum atomic E-state index is -3.52. The second-order valence-corrected chi connectivity index (χ2v) is 9.34. The van der Waals surface area contributed by atoms with E-state index in [0.29, 0.717) is 19.7 Å². The fourth-order valence-corrected chi connectivity index (χ4v) is 4.49. The van der Waals surface area contributed by atoms with Gasteiger partial charge in [0.2, 0.25) is 10.0 Å². The molecule has 7 nitrogen and oxygen atoms in total. The van der Waals surface area contributed by atoms with Crippen molar-refractivity contribution in [1.82, 2.24) is 15.4 Å². The smallest absolute Gasteiger partial charge is 0.240 e. The number of sulfonamides is 1. The lowest BCUT2D eigenvalue weighted by atomic mass is 10.1. The lowest BCUT2D eigenvalue weighted by Crippen LogP contribution is -2.37. The highest BCUT2D eigenvalue weighted by molar-refractivity contribution is 7.89. The van der Waals surface area contributed by atoms with Crippen molar-refractivity contribution in [3.8, 4) is 0 Å². The molecule has 0 radical (unpaired) electrons. The Balaban J connectivity index is 1.40.